The number of rotatable bonds is 9. The maximum Gasteiger partial charge on any atom is 0.247 e. The number of hydrogen-bond donors (Lipinski definition) is 1. The van der Waals surface area contributed by atoms with E-state index in [1.807, 2.05) is 50.2 Å². The van der Waals surface area contributed by atoms with Crippen LogP contribution in [0.15, 0.2) is 73.1 Å². The number of carbonyl (C=O) groups is 2. The van der Waals surface area contributed by atoms with Gasteiger partial charge in [-0.15, -0.1) is 5.10 Å². The van der Waals surface area contributed by atoms with E-state index in [1.54, 1.807) is 53.4 Å². The normalized spacial score (nSPS) is 11.9. The summed E-state index contributed by atoms with van der Waals surface area (Å²) in [6.45, 7) is 4.04. The van der Waals surface area contributed by atoms with Gasteiger partial charge in [0.05, 0.1) is 12.6 Å². The average Bonchev–Trinajstić information content (AvgIpc) is 3.27. The van der Waals surface area contributed by atoms with Gasteiger partial charge < -0.3 is 15.0 Å². The summed E-state index contributed by atoms with van der Waals surface area (Å²) < 4.78 is 6.75. The molecule has 0 aliphatic heterocycles. The number of anilines is 1. The summed E-state index contributed by atoms with van der Waals surface area (Å²) in [7, 11) is 1.59. The summed E-state index contributed by atoms with van der Waals surface area (Å²) in [5.41, 5.74) is 2.91. The number of benzene rings is 2. The van der Waals surface area contributed by atoms with Crippen molar-refractivity contribution in [3.63, 3.8) is 0 Å². The zero-order valence-corrected chi connectivity index (χ0v) is 20.0. The molecule has 0 aliphatic carbocycles. The summed E-state index contributed by atoms with van der Waals surface area (Å²) >= 11 is 0. The second kappa shape index (κ2) is 10.8. The van der Waals surface area contributed by atoms with Crippen LogP contribution in [0.5, 0.6) is 5.75 Å². The molecule has 35 heavy (non-hydrogen) atoms. The maximum absolute atomic E-state index is 13.7. The topological polar surface area (TPSA) is 102 Å². The molecule has 4 rings (SSSR count). The fraction of sp³-hybridized carbons (Fsp3) is 0.269. The van der Waals surface area contributed by atoms with Crippen molar-refractivity contribution in [3.8, 4) is 5.75 Å². The number of pyridine rings is 1. The summed E-state index contributed by atoms with van der Waals surface area (Å²) in [4.78, 5) is 32.9. The monoisotopic (exact) mass is 472 g/mol. The highest BCUT2D eigenvalue weighted by molar-refractivity contribution is 5.97. The number of hydrogen-bond acceptors (Lipinski definition) is 6. The number of fused-ring (bicyclic) bond motifs is 1. The SMILES string of the molecule is COc1ccc(NC(=O)C(C(C)C)N(Cc2cccnc2)C(=O)Cn2nnc3ccccc32)cc1. The Balaban J connectivity index is 1.62. The van der Waals surface area contributed by atoms with Gasteiger partial charge in [-0.2, -0.15) is 0 Å². The van der Waals surface area contributed by atoms with Crippen molar-refractivity contribution in [3.05, 3.63) is 78.6 Å². The van der Waals surface area contributed by atoms with E-state index in [9.17, 15) is 9.59 Å². The molecule has 2 aromatic carbocycles. The molecule has 0 radical (unpaired) electrons. The number of aromatic nitrogens is 4. The molecule has 2 heterocycles. The van der Waals surface area contributed by atoms with E-state index in [1.165, 1.54) is 0 Å². The number of ether oxygens (including phenoxy) is 1. The molecule has 0 bridgehead atoms. The molecule has 1 N–H and O–H groups in total. The van der Waals surface area contributed by atoms with Gasteiger partial charge in [0, 0.05) is 24.6 Å². The number of para-hydroxylation sites is 1. The highest BCUT2D eigenvalue weighted by atomic mass is 16.5. The van der Waals surface area contributed by atoms with Gasteiger partial charge >= 0.3 is 0 Å². The van der Waals surface area contributed by atoms with Crippen LogP contribution >= 0.6 is 0 Å². The lowest BCUT2D eigenvalue weighted by Crippen LogP contribution is -2.50. The second-order valence-electron chi connectivity index (χ2n) is 8.53. The first-order chi connectivity index (χ1) is 17.0. The molecule has 0 spiro atoms. The van der Waals surface area contributed by atoms with Crippen LogP contribution < -0.4 is 10.1 Å². The lowest BCUT2D eigenvalue weighted by molar-refractivity contribution is -0.141. The third-order valence-corrected chi connectivity index (χ3v) is 5.69. The van der Waals surface area contributed by atoms with E-state index in [0.29, 0.717) is 17.0 Å². The fourth-order valence-electron chi connectivity index (χ4n) is 3.98. The lowest BCUT2D eigenvalue weighted by atomic mass is 10.00. The molecule has 2 amide bonds. The molecule has 1 unspecified atom stereocenters. The predicted octanol–water partition coefficient (Wildman–Crippen LogP) is 3.53. The molecule has 0 fully saturated rings. The maximum atomic E-state index is 13.7. The molecule has 0 saturated carbocycles. The molecular formula is C26H28N6O3. The van der Waals surface area contributed by atoms with Crippen LogP contribution in [0.4, 0.5) is 5.69 Å². The molecule has 4 aromatic rings. The Bertz CT molecular complexity index is 1290. The lowest BCUT2D eigenvalue weighted by Gasteiger charge is -2.33. The zero-order chi connectivity index (χ0) is 24.8. The van der Waals surface area contributed by atoms with Gasteiger partial charge in [0.1, 0.15) is 23.9 Å². The summed E-state index contributed by atoms with van der Waals surface area (Å²) in [5, 5.41) is 11.2. The molecule has 2 aromatic heterocycles. The Morgan fingerprint density at radius 3 is 2.51 bits per heavy atom. The third-order valence-electron chi connectivity index (χ3n) is 5.69. The van der Waals surface area contributed by atoms with Gasteiger partial charge in [-0.1, -0.05) is 37.3 Å². The molecule has 9 heteroatoms. The standard InChI is InChI=1S/C26H28N6O3/c1-18(2)25(26(34)28-20-10-12-21(35-3)13-11-20)31(16-19-7-6-14-27-15-19)24(33)17-32-23-9-5-4-8-22(23)29-30-32/h4-15,18,25H,16-17H2,1-3H3,(H,28,34). The predicted molar refractivity (Wildman–Crippen MR) is 133 cm³/mol. The van der Waals surface area contributed by atoms with Gasteiger partial charge in [0.15, 0.2) is 0 Å². The zero-order valence-electron chi connectivity index (χ0n) is 20.0. The van der Waals surface area contributed by atoms with E-state index >= 15 is 0 Å². The van der Waals surface area contributed by atoms with Crippen LogP contribution in [0.25, 0.3) is 11.0 Å². The minimum atomic E-state index is -0.723. The van der Waals surface area contributed by atoms with Crippen LogP contribution in [-0.4, -0.2) is 49.8 Å². The van der Waals surface area contributed by atoms with Crippen molar-refractivity contribution >= 4 is 28.5 Å². The Kier molecular flexibility index (Phi) is 7.35. The number of methoxy groups -OCH3 is 1. The first kappa shape index (κ1) is 23.9. The van der Waals surface area contributed by atoms with Crippen LogP contribution in [0.1, 0.15) is 19.4 Å². The van der Waals surface area contributed by atoms with Gasteiger partial charge in [0.25, 0.3) is 0 Å². The van der Waals surface area contributed by atoms with Gasteiger partial charge in [-0.25, -0.2) is 4.68 Å². The first-order valence-corrected chi connectivity index (χ1v) is 11.4. The Morgan fingerprint density at radius 2 is 1.83 bits per heavy atom. The van der Waals surface area contributed by atoms with Crippen molar-refractivity contribution < 1.29 is 14.3 Å². The van der Waals surface area contributed by atoms with Crippen LogP contribution in [0, 0.1) is 5.92 Å². The van der Waals surface area contributed by atoms with Crippen molar-refractivity contribution in [2.75, 3.05) is 12.4 Å². The van der Waals surface area contributed by atoms with Crippen molar-refractivity contribution in [2.45, 2.75) is 33.0 Å². The third kappa shape index (κ3) is 5.63. The van der Waals surface area contributed by atoms with E-state index in [2.05, 4.69) is 20.6 Å². The minimum Gasteiger partial charge on any atom is -0.497 e. The van der Waals surface area contributed by atoms with E-state index in [0.717, 1.165) is 11.1 Å². The number of nitrogens with one attached hydrogen (secondary N) is 1. The Labute approximate surface area is 203 Å². The second-order valence-corrected chi connectivity index (χ2v) is 8.53. The van der Waals surface area contributed by atoms with E-state index < -0.39 is 6.04 Å². The van der Waals surface area contributed by atoms with Crippen molar-refractivity contribution in [1.82, 2.24) is 24.9 Å². The first-order valence-electron chi connectivity index (χ1n) is 11.4. The molecule has 1 atom stereocenters. The average molecular weight is 473 g/mol. The summed E-state index contributed by atoms with van der Waals surface area (Å²) in [5.74, 6) is 0.0251. The molecule has 180 valence electrons. The molecule has 0 saturated heterocycles. The molecular weight excluding hydrogens is 444 g/mol. The quantitative estimate of drug-likeness (QED) is 0.400. The van der Waals surface area contributed by atoms with Crippen LogP contribution in [0.2, 0.25) is 0 Å². The molecule has 9 nitrogen and oxygen atoms in total. The van der Waals surface area contributed by atoms with E-state index in [-0.39, 0.29) is 30.8 Å². The van der Waals surface area contributed by atoms with Crippen molar-refractivity contribution in [1.29, 1.82) is 0 Å². The Morgan fingerprint density at radius 1 is 1.06 bits per heavy atom. The fourth-order valence-corrected chi connectivity index (χ4v) is 3.98. The van der Waals surface area contributed by atoms with E-state index in [4.69, 9.17) is 4.74 Å². The largest absolute Gasteiger partial charge is 0.497 e. The van der Waals surface area contributed by atoms with Crippen LogP contribution in [0.3, 0.4) is 0 Å². The van der Waals surface area contributed by atoms with Gasteiger partial charge in [0.2, 0.25) is 11.8 Å². The van der Waals surface area contributed by atoms with Crippen LogP contribution in [-0.2, 0) is 22.7 Å². The highest BCUT2D eigenvalue weighted by Crippen LogP contribution is 2.21. The smallest absolute Gasteiger partial charge is 0.247 e. The summed E-state index contributed by atoms with van der Waals surface area (Å²) in [6.07, 6.45) is 3.37. The minimum absolute atomic E-state index is 0.0419. The molecule has 0 aliphatic rings. The summed E-state index contributed by atoms with van der Waals surface area (Å²) in [6, 6.07) is 17.5. The number of nitrogens with zero attached hydrogens (tertiary/aromatic N) is 5. The number of amides is 2. The van der Waals surface area contributed by atoms with Crippen molar-refractivity contribution in [2.24, 2.45) is 5.92 Å². The Hall–Kier alpha value is -4.27. The van der Waals surface area contributed by atoms with Gasteiger partial charge in [-0.05, 0) is 53.9 Å². The number of carbonyl (C=O) groups excluding carboxylic acids is 2. The van der Waals surface area contributed by atoms with Gasteiger partial charge in [-0.3, -0.25) is 14.6 Å². The highest BCUT2D eigenvalue weighted by Gasteiger charge is 2.33.